The molecule has 2 atom stereocenters. The van der Waals surface area contributed by atoms with Crippen molar-refractivity contribution >= 4 is 29.8 Å². The topological polar surface area (TPSA) is 69.7 Å². The Morgan fingerprint density at radius 3 is 2.52 bits per heavy atom. The molecule has 2 unspecified atom stereocenters. The van der Waals surface area contributed by atoms with E-state index in [1.807, 2.05) is 0 Å². The highest BCUT2D eigenvalue weighted by Gasteiger charge is 2.28. The SMILES string of the molecule is C=CC(=O)OCCC(Cl)C(C=O)C(=O)Oc1ccccc1. The first-order valence-corrected chi connectivity index (χ1v) is 6.67. The first-order valence-electron chi connectivity index (χ1n) is 6.23. The summed E-state index contributed by atoms with van der Waals surface area (Å²) in [6.45, 7) is 3.23. The smallest absolute Gasteiger partial charge is 0.330 e. The molecule has 0 aliphatic rings. The molecule has 0 saturated heterocycles. The fraction of sp³-hybridized carbons (Fsp3) is 0.267. The summed E-state index contributed by atoms with van der Waals surface area (Å²) in [4.78, 5) is 33.8. The van der Waals surface area contributed by atoms with Crippen LogP contribution >= 0.6 is 11.6 Å². The highest BCUT2D eigenvalue weighted by molar-refractivity contribution is 6.23. The van der Waals surface area contributed by atoms with Crippen LogP contribution in [-0.4, -0.2) is 30.2 Å². The first kappa shape index (κ1) is 16.9. The number of benzene rings is 1. The monoisotopic (exact) mass is 310 g/mol. The van der Waals surface area contributed by atoms with Gasteiger partial charge in [0, 0.05) is 6.08 Å². The zero-order valence-corrected chi connectivity index (χ0v) is 12.0. The lowest BCUT2D eigenvalue weighted by atomic mass is 10.1. The van der Waals surface area contributed by atoms with Crippen molar-refractivity contribution in [1.82, 2.24) is 0 Å². The molecule has 5 nitrogen and oxygen atoms in total. The average Bonchev–Trinajstić information content (AvgIpc) is 2.48. The Kier molecular flexibility index (Phi) is 7.18. The Balaban J connectivity index is 2.52. The minimum absolute atomic E-state index is 0.0119. The number of hydrogen-bond donors (Lipinski definition) is 0. The van der Waals surface area contributed by atoms with Crippen LogP contribution in [0.15, 0.2) is 43.0 Å². The number of para-hydroxylation sites is 1. The number of esters is 2. The lowest BCUT2D eigenvalue weighted by Crippen LogP contribution is -2.30. The minimum atomic E-state index is -1.13. The molecule has 1 aromatic rings. The van der Waals surface area contributed by atoms with E-state index in [2.05, 4.69) is 6.58 Å². The van der Waals surface area contributed by atoms with Gasteiger partial charge in [-0.25, -0.2) is 4.79 Å². The molecule has 0 bridgehead atoms. The molecule has 0 spiro atoms. The molecule has 0 aliphatic heterocycles. The van der Waals surface area contributed by atoms with Crippen molar-refractivity contribution in [3.8, 4) is 5.75 Å². The summed E-state index contributed by atoms with van der Waals surface area (Å²) >= 11 is 5.99. The standard InChI is InChI=1S/C15H15ClO5/c1-2-14(18)20-9-8-13(16)12(10-17)15(19)21-11-6-4-3-5-7-11/h2-7,10,12-13H,1,8-9H2. The van der Waals surface area contributed by atoms with E-state index in [9.17, 15) is 14.4 Å². The van der Waals surface area contributed by atoms with Crippen LogP contribution in [0.25, 0.3) is 0 Å². The van der Waals surface area contributed by atoms with Crippen LogP contribution in [0, 0.1) is 5.92 Å². The molecule has 0 saturated carbocycles. The number of aldehydes is 1. The second-order valence-corrected chi connectivity index (χ2v) is 4.63. The van der Waals surface area contributed by atoms with Crippen LogP contribution in [0.4, 0.5) is 0 Å². The summed E-state index contributed by atoms with van der Waals surface area (Å²) in [7, 11) is 0. The van der Waals surface area contributed by atoms with Crippen molar-refractivity contribution in [2.45, 2.75) is 11.8 Å². The fourth-order valence-electron chi connectivity index (χ4n) is 1.47. The molecule has 0 aliphatic carbocycles. The number of ether oxygens (including phenoxy) is 2. The van der Waals surface area contributed by atoms with Crippen LogP contribution in [0.3, 0.4) is 0 Å². The lowest BCUT2D eigenvalue weighted by Gasteiger charge is -2.15. The molecule has 0 fully saturated rings. The third kappa shape index (κ3) is 5.79. The molecule has 0 radical (unpaired) electrons. The van der Waals surface area contributed by atoms with Crippen molar-refractivity contribution < 1.29 is 23.9 Å². The Labute approximate surface area is 127 Å². The van der Waals surface area contributed by atoms with Crippen molar-refractivity contribution in [1.29, 1.82) is 0 Å². The van der Waals surface area contributed by atoms with Gasteiger partial charge in [0.2, 0.25) is 0 Å². The van der Waals surface area contributed by atoms with Gasteiger partial charge in [-0.2, -0.15) is 0 Å². The third-order valence-corrected chi connectivity index (χ3v) is 3.06. The predicted octanol–water partition coefficient (Wildman–Crippen LogP) is 2.13. The van der Waals surface area contributed by atoms with Gasteiger partial charge in [0.25, 0.3) is 0 Å². The molecule has 1 rings (SSSR count). The van der Waals surface area contributed by atoms with Gasteiger partial charge in [-0.3, -0.25) is 4.79 Å². The largest absolute Gasteiger partial charge is 0.462 e. The van der Waals surface area contributed by atoms with E-state index >= 15 is 0 Å². The molecular weight excluding hydrogens is 296 g/mol. The Bertz CT molecular complexity index is 500. The highest BCUT2D eigenvalue weighted by Crippen LogP contribution is 2.17. The van der Waals surface area contributed by atoms with E-state index in [1.165, 1.54) is 0 Å². The zero-order chi connectivity index (χ0) is 15.7. The van der Waals surface area contributed by atoms with E-state index < -0.39 is 23.2 Å². The van der Waals surface area contributed by atoms with Crippen molar-refractivity contribution in [3.63, 3.8) is 0 Å². The molecule has 1 aromatic carbocycles. The molecule has 112 valence electrons. The average molecular weight is 311 g/mol. The van der Waals surface area contributed by atoms with E-state index in [1.54, 1.807) is 30.3 Å². The number of carbonyl (C=O) groups is 3. The third-order valence-electron chi connectivity index (χ3n) is 2.57. The first-order chi connectivity index (χ1) is 10.1. The van der Waals surface area contributed by atoms with Gasteiger partial charge in [-0.05, 0) is 18.6 Å². The van der Waals surface area contributed by atoms with E-state index in [-0.39, 0.29) is 13.0 Å². The predicted molar refractivity (Wildman–Crippen MR) is 77.0 cm³/mol. The molecule has 0 N–H and O–H groups in total. The lowest BCUT2D eigenvalue weighted by molar-refractivity contribution is -0.141. The maximum absolute atomic E-state index is 11.9. The summed E-state index contributed by atoms with van der Waals surface area (Å²) in [6, 6.07) is 8.35. The van der Waals surface area contributed by atoms with Crippen LogP contribution in [-0.2, 0) is 19.1 Å². The van der Waals surface area contributed by atoms with Gasteiger partial charge in [0.15, 0.2) is 0 Å². The van der Waals surface area contributed by atoms with E-state index in [0.29, 0.717) is 12.0 Å². The maximum atomic E-state index is 11.9. The number of hydrogen-bond acceptors (Lipinski definition) is 5. The molecule has 21 heavy (non-hydrogen) atoms. The maximum Gasteiger partial charge on any atom is 0.330 e. The minimum Gasteiger partial charge on any atom is -0.462 e. The number of alkyl halides is 1. The van der Waals surface area contributed by atoms with Gasteiger partial charge in [0.05, 0.1) is 12.0 Å². The normalized spacial score (nSPS) is 12.8. The second-order valence-electron chi connectivity index (χ2n) is 4.07. The molecule has 0 aromatic heterocycles. The summed E-state index contributed by atoms with van der Waals surface area (Å²) in [5.74, 6) is -2.13. The second kappa shape index (κ2) is 8.92. The van der Waals surface area contributed by atoms with Crippen LogP contribution in [0.5, 0.6) is 5.75 Å². The van der Waals surface area contributed by atoms with Crippen molar-refractivity contribution in [2.24, 2.45) is 5.92 Å². The zero-order valence-electron chi connectivity index (χ0n) is 11.2. The van der Waals surface area contributed by atoms with Crippen LogP contribution in [0.1, 0.15) is 6.42 Å². The van der Waals surface area contributed by atoms with Gasteiger partial charge < -0.3 is 14.3 Å². The van der Waals surface area contributed by atoms with Gasteiger partial charge in [0.1, 0.15) is 18.0 Å². The summed E-state index contributed by atoms with van der Waals surface area (Å²) in [6.07, 6.45) is 1.59. The van der Waals surface area contributed by atoms with Gasteiger partial charge in [-0.1, -0.05) is 24.8 Å². The van der Waals surface area contributed by atoms with Crippen molar-refractivity contribution in [2.75, 3.05) is 6.61 Å². The van der Waals surface area contributed by atoms with Gasteiger partial charge >= 0.3 is 11.9 Å². The van der Waals surface area contributed by atoms with Crippen LogP contribution < -0.4 is 4.74 Å². The Hall–Kier alpha value is -2.14. The molecule has 0 heterocycles. The molecule has 0 amide bonds. The quantitative estimate of drug-likeness (QED) is 0.184. The summed E-state index contributed by atoms with van der Waals surface area (Å²) < 4.78 is 9.80. The highest BCUT2D eigenvalue weighted by atomic mass is 35.5. The number of rotatable bonds is 8. The number of halogens is 1. The Morgan fingerprint density at radius 2 is 1.95 bits per heavy atom. The fourth-order valence-corrected chi connectivity index (χ4v) is 1.72. The summed E-state index contributed by atoms with van der Waals surface area (Å²) in [5.41, 5.74) is 0. The van der Waals surface area contributed by atoms with Crippen molar-refractivity contribution in [3.05, 3.63) is 43.0 Å². The molecule has 6 heteroatoms. The number of carbonyl (C=O) groups excluding carboxylic acids is 3. The summed E-state index contributed by atoms with van der Waals surface area (Å²) in [5, 5.41) is -0.823. The molecular formula is C15H15ClO5. The van der Waals surface area contributed by atoms with Crippen LogP contribution in [0.2, 0.25) is 0 Å². The van der Waals surface area contributed by atoms with E-state index in [4.69, 9.17) is 21.1 Å². The Morgan fingerprint density at radius 1 is 1.29 bits per heavy atom. The van der Waals surface area contributed by atoms with E-state index in [0.717, 1.165) is 6.08 Å². The van der Waals surface area contributed by atoms with Gasteiger partial charge in [-0.15, -0.1) is 11.6 Å².